The Kier molecular flexibility index (Phi) is 3.72. The number of hydrogen-bond donors (Lipinski definition) is 1. The lowest BCUT2D eigenvalue weighted by Crippen LogP contribution is -2.46. The monoisotopic (exact) mass is 300 g/mol. The second-order valence-corrected chi connectivity index (χ2v) is 6.26. The number of anilines is 1. The van der Waals surface area contributed by atoms with E-state index in [9.17, 15) is 14.4 Å². The van der Waals surface area contributed by atoms with Crippen LogP contribution in [0.1, 0.15) is 39.0 Å². The molecule has 1 aromatic rings. The second kappa shape index (κ2) is 5.55. The minimum atomic E-state index is -0.778. The van der Waals surface area contributed by atoms with Crippen molar-refractivity contribution >= 4 is 23.4 Å². The molecule has 1 atom stereocenters. The van der Waals surface area contributed by atoms with Crippen LogP contribution in [0.25, 0.3) is 0 Å². The van der Waals surface area contributed by atoms with E-state index in [0.29, 0.717) is 5.69 Å². The third-order valence-electron chi connectivity index (χ3n) is 4.80. The lowest BCUT2D eigenvalue weighted by atomic mass is 9.84. The van der Waals surface area contributed by atoms with Crippen LogP contribution >= 0.6 is 0 Å². The van der Waals surface area contributed by atoms with Crippen molar-refractivity contribution < 1.29 is 14.4 Å². The van der Waals surface area contributed by atoms with Crippen molar-refractivity contribution in [2.45, 2.75) is 45.1 Å². The van der Waals surface area contributed by atoms with Crippen molar-refractivity contribution in [1.29, 1.82) is 0 Å². The Morgan fingerprint density at radius 2 is 1.82 bits per heavy atom. The summed E-state index contributed by atoms with van der Waals surface area (Å²) in [5.74, 6) is -0.712. The van der Waals surface area contributed by atoms with Gasteiger partial charge in [-0.3, -0.25) is 19.3 Å². The van der Waals surface area contributed by atoms with E-state index in [2.05, 4.69) is 5.32 Å². The SMILES string of the molecule is CC(C(=O)Nc1ccccc1)N1C(=O)CC2(CCCC2)C1=O. The van der Waals surface area contributed by atoms with E-state index in [4.69, 9.17) is 0 Å². The van der Waals surface area contributed by atoms with Gasteiger partial charge in [-0.25, -0.2) is 0 Å². The van der Waals surface area contributed by atoms with Crippen LogP contribution < -0.4 is 5.32 Å². The molecule has 0 aromatic heterocycles. The molecule has 1 saturated heterocycles. The number of amides is 3. The molecule has 1 heterocycles. The molecule has 0 radical (unpaired) electrons. The molecule has 5 heteroatoms. The summed E-state index contributed by atoms with van der Waals surface area (Å²) in [7, 11) is 0. The largest absolute Gasteiger partial charge is 0.324 e. The van der Waals surface area contributed by atoms with Crippen molar-refractivity contribution in [3.63, 3.8) is 0 Å². The van der Waals surface area contributed by atoms with Crippen molar-refractivity contribution in [2.75, 3.05) is 5.32 Å². The molecule has 1 unspecified atom stereocenters. The Bertz CT molecular complexity index is 606. The summed E-state index contributed by atoms with van der Waals surface area (Å²) >= 11 is 0. The van der Waals surface area contributed by atoms with E-state index in [1.807, 2.05) is 18.2 Å². The minimum Gasteiger partial charge on any atom is -0.324 e. The van der Waals surface area contributed by atoms with Gasteiger partial charge in [0.15, 0.2) is 0 Å². The van der Waals surface area contributed by atoms with Crippen LogP contribution in [0.4, 0.5) is 5.69 Å². The number of benzene rings is 1. The first kappa shape index (κ1) is 14.8. The third-order valence-corrected chi connectivity index (χ3v) is 4.80. The van der Waals surface area contributed by atoms with Crippen LogP contribution in [-0.4, -0.2) is 28.7 Å². The predicted molar refractivity (Wildman–Crippen MR) is 81.9 cm³/mol. The number of para-hydroxylation sites is 1. The maximum Gasteiger partial charge on any atom is 0.247 e. The number of hydrogen-bond acceptors (Lipinski definition) is 3. The Balaban J connectivity index is 1.74. The fourth-order valence-corrected chi connectivity index (χ4v) is 3.54. The van der Waals surface area contributed by atoms with E-state index in [1.165, 1.54) is 4.90 Å². The summed E-state index contributed by atoms with van der Waals surface area (Å²) in [6.07, 6.45) is 3.76. The topological polar surface area (TPSA) is 66.5 Å². The first-order valence-corrected chi connectivity index (χ1v) is 7.76. The molecule has 1 spiro atoms. The van der Waals surface area contributed by atoms with Gasteiger partial charge in [-0.05, 0) is 31.9 Å². The van der Waals surface area contributed by atoms with Gasteiger partial charge in [0.25, 0.3) is 0 Å². The normalized spacial score (nSPS) is 21.4. The van der Waals surface area contributed by atoms with Crippen molar-refractivity contribution in [3.8, 4) is 0 Å². The summed E-state index contributed by atoms with van der Waals surface area (Å²) < 4.78 is 0. The minimum absolute atomic E-state index is 0.161. The highest BCUT2D eigenvalue weighted by atomic mass is 16.2. The van der Waals surface area contributed by atoms with Crippen molar-refractivity contribution in [2.24, 2.45) is 5.41 Å². The number of likely N-dealkylation sites (tertiary alicyclic amines) is 1. The molecule has 2 fully saturated rings. The van der Waals surface area contributed by atoms with Crippen LogP contribution in [0, 0.1) is 5.41 Å². The molecule has 0 bridgehead atoms. The molecule has 1 aromatic carbocycles. The van der Waals surface area contributed by atoms with E-state index in [1.54, 1.807) is 19.1 Å². The van der Waals surface area contributed by atoms with Crippen molar-refractivity contribution in [1.82, 2.24) is 4.90 Å². The molecule has 1 aliphatic heterocycles. The van der Waals surface area contributed by atoms with Gasteiger partial charge in [-0.2, -0.15) is 0 Å². The Labute approximate surface area is 129 Å². The molecule has 2 aliphatic rings. The Hall–Kier alpha value is -2.17. The zero-order chi connectivity index (χ0) is 15.7. The summed E-state index contributed by atoms with van der Waals surface area (Å²) in [6, 6.07) is 8.27. The first-order valence-electron chi connectivity index (χ1n) is 7.76. The molecule has 1 N–H and O–H groups in total. The average molecular weight is 300 g/mol. The highest BCUT2D eigenvalue weighted by Gasteiger charge is 2.54. The van der Waals surface area contributed by atoms with Gasteiger partial charge in [0, 0.05) is 12.1 Å². The van der Waals surface area contributed by atoms with Crippen LogP contribution in [-0.2, 0) is 14.4 Å². The van der Waals surface area contributed by atoms with Crippen LogP contribution in [0.15, 0.2) is 30.3 Å². The zero-order valence-corrected chi connectivity index (χ0v) is 12.7. The van der Waals surface area contributed by atoms with E-state index in [0.717, 1.165) is 25.7 Å². The van der Waals surface area contributed by atoms with Gasteiger partial charge in [0.1, 0.15) is 6.04 Å². The van der Waals surface area contributed by atoms with Gasteiger partial charge < -0.3 is 5.32 Å². The predicted octanol–water partition coefficient (Wildman–Crippen LogP) is 2.33. The van der Waals surface area contributed by atoms with Gasteiger partial charge in [0.2, 0.25) is 17.7 Å². The molecule has 3 rings (SSSR count). The fourth-order valence-electron chi connectivity index (χ4n) is 3.54. The molecule has 116 valence electrons. The molecule has 5 nitrogen and oxygen atoms in total. The number of carbonyl (C=O) groups is 3. The Morgan fingerprint density at radius 3 is 2.45 bits per heavy atom. The van der Waals surface area contributed by atoms with Crippen LogP contribution in [0.5, 0.6) is 0 Å². The van der Waals surface area contributed by atoms with Crippen molar-refractivity contribution in [3.05, 3.63) is 30.3 Å². The van der Waals surface area contributed by atoms with Crippen LogP contribution in [0.3, 0.4) is 0 Å². The number of nitrogens with zero attached hydrogens (tertiary/aromatic N) is 1. The number of carbonyl (C=O) groups excluding carboxylic acids is 3. The quantitative estimate of drug-likeness (QED) is 0.871. The molecular weight excluding hydrogens is 280 g/mol. The summed E-state index contributed by atoms with van der Waals surface area (Å²) in [5.41, 5.74) is 0.132. The standard InChI is InChI=1S/C17H20N2O3/c1-12(15(21)18-13-7-3-2-4-8-13)19-14(20)11-17(16(19)22)9-5-6-10-17/h2-4,7-8,12H,5-6,9-11H2,1H3,(H,18,21). The second-order valence-electron chi connectivity index (χ2n) is 6.26. The van der Waals surface area contributed by atoms with E-state index < -0.39 is 11.5 Å². The van der Waals surface area contributed by atoms with E-state index >= 15 is 0 Å². The smallest absolute Gasteiger partial charge is 0.247 e. The molecule has 3 amide bonds. The fraction of sp³-hybridized carbons (Fsp3) is 0.471. The number of nitrogens with one attached hydrogen (secondary N) is 1. The maximum atomic E-state index is 12.7. The average Bonchev–Trinajstić information content (AvgIpc) is 3.06. The molecule has 1 saturated carbocycles. The van der Waals surface area contributed by atoms with Gasteiger partial charge in [-0.15, -0.1) is 0 Å². The van der Waals surface area contributed by atoms with E-state index in [-0.39, 0.29) is 24.1 Å². The zero-order valence-electron chi connectivity index (χ0n) is 12.7. The summed E-state index contributed by atoms with van der Waals surface area (Å²) in [6.45, 7) is 1.61. The lowest BCUT2D eigenvalue weighted by Gasteiger charge is -2.25. The first-order chi connectivity index (χ1) is 10.5. The maximum absolute atomic E-state index is 12.7. The summed E-state index contributed by atoms with van der Waals surface area (Å²) in [4.78, 5) is 38.4. The lowest BCUT2D eigenvalue weighted by molar-refractivity contribution is -0.147. The van der Waals surface area contributed by atoms with Gasteiger partial charge in [-0.1, -0.05) is 31.0 Å². The third kappa shape index (κ3) is 2.40. The number of rotatable bonds is 3. The Morgan fingerprint density at radius 1 is 1.18 bits per heavy atom. The highest BCUT2D eigenvalue weighted by molar-refractivity contribution is 6.10. The van der Waals surface area contributed by atoms with Gasteiger partial charge in [0.05, 0.1) is 5.41 Å². The molecule has 22 heavy (non-hydrogen) atoms. The number of imide groups is 1. The summed E-state index contributed by atoms with van der Waals surface area (Å²) in [5, 5.41) is 2.75. The molecule has 1 aliphatic carbocycles. The van der Waals surface area contributed by atoms with Gasteiger partial charge >= 0.3 is 0 Å². The highest BCUT2D eigenvalue weighted by Crippen LogP contribution is 2.47. The van der Waals surface area contributed by atoms with Crippen LogP contribution in [0.2, 0.25) is 0 Å². The molecular formula is C17H20N2O3.